The highest BCUT2D eigenvalue weighted by molar-refractivity contribution is 14.1. The van der Waals surface area contributed by atoms with Crippen molar-refractivity contribution in [2.24, 2.45) is 0 Å². The number of rotatable bonds is 3. The molecule has 17 heavy (non-hydrogen) atoms. The lowest BCUT2D eigenvalue weighted by molar-refractivity contribution is 0.470. The van der Waals surface area contributed by atoms with Gasteiger partial charge in [-0.1, -0.05) is 44.2 Å². The van der Waals surface area contributed by atoms with Crippen molar-refractivity contribution in [1.29, 1.82) is 0 Å². The number of benzene rings is 2. The quantitative estimate of drug-likeness (QED) is 0.699. The van der Waals surface area contributed by atoms with Crippen LogP contribution in [0.5, 0.6) is 11.5 Å². The van der Waals surface area contributed by atoms with Crippen molar-refractivity contribution in [2.75, 3.05) is 0 Å². The molecule has 0 aliphatic heterocycles. The molecule has 2 heteroatoms. The number of para-hydroxylation sites is 2. The summed E-state index contributed by atoms with van der Waals surface area (Å²) >= 11 is 2.29. The first kappa shape index (κ1) is 12.4. The van der Waals surface area contributed by atoms with Gasteiger partial charge in [0.25, 0.3) is 0 Å². The molecule has 2 aromatic carbocycles. The third kappa shape index (κ3) is 3.00. The maximum absolute atomic E-state index is 5.99. The fourth-order valence-electron chi connectivity index (χ4n) is 1.70. The van der Waals surface area contributed by atoms with Gasteiger partial charge in [-0.25, -0.2) is 0 Å². The number of hydrogen-bond donors (Lipinski definition) is 0. The Hall–Kier alpha value is -1.03. The van der Waals surface area contributed by atoms with Gasteiger partial charge in [-0.3, -0.25) is 0 Å². The maximum Gasteiger partial charge on any atom is 0.140 e. The fraction of sp³-hybridized carbons (Fsp3) is 0.200. The van der Waals surface area contributed by atoms with Crippen molar-refractivity contribution in [1.82, 2.24) is 0 Å². The molecule has 0 amide bonds. The minimum Gasteiger partial charge on any atom is -0.456 e. The molecule has 0 atom stereocenters. The van der Waals surface area contributed by atoms with Gasteiger partial charge in [-0.2, -0.15) is 0 Å². The number of halogens is 1. The minimum atomic E-state index is 0.465. The predicted molar refractivity (Wildman–Crippen MR) is 79.8 cm³/mol. The van der Waals surface area contributed by atoms with Crippen LogP contribution < -0.4 is 4.74 Å². The predicted octanol–water partition coefficient (Wildman–Crippen LogP) is 5.21. The van der Waals surface area contributed by atoms with Crippen LogP contribution in [0.3, 0.4) is 0 Å². The van der Waals surface area contributed by atoms with E-state index in [1.165, 1.54) is 5.56 Å². The van der Waals surface area contributed by atoms with E-state index in [0.29, 0.717) is 5.92 Å². The summed E-state index contributed by atoms with van der Waals surface area (Å²) in [5, 5.41) is 0. The molecule has 2 rings (SSSR count). The van der Waals surface area contributed by atoms with Gasteiger partial charge in [0.05, 0.1) is 3.57 Å². The molecule has 0 aliphatic rings. The van der Waals surface area contributed by atoms with Gasteiger partial charge in [0.15, 0.2) is 0 Å². The number of ether oxygens (including phenoxy) is 1. The Morgan fingerprint density at radius 2 is 1.47 bits per heavy atom. The molecule has 0 aliphatic carbocycles. The van der Waals surface area contributed by atoms with E-state index in [4.69, 9.17) is 4.74 Å². The molecule has 0 spiro atoms. The first-order chi connectivity index (χ1) is 8.18. The smallest absolute Gasteiger partial charge is 0.140 e. The van der Waals surface area contributed by atoms with Crippen LogP contribution in [0.1, 0.15) is 25.3 Å². The maximum atomic E-state index is 5.99. The molecule has 0 fully saturated rings. The first-order valence-electron chi connectivity index (χ1n) is 5.70. The van der Waals surface area contributed by atoms with Crippen LogP contribution in [0.4, 0.5) is 0 Å². The van der Waals surface area contributed by atoms with Crippen LogP contribution in [0.15, 0.2) is 48.5 Å². The Bertz CT molecular complexity index is 506. The summed E-state index contributed by atoms with van der Waals surface area (Å²) in [6.07, 6.45) is 0. The summed E-state index contributed by atoms with van der Waals surface area (Å²) in [5.74, 6) is 2.33. The summed E-state index contributed by atoms with van der Waals surface area (Å²) in [5.41, 5.74) is 1.24. The zero-order valence-corrected chi connectivity index (χ0v) is 12.1. The molecule has 0 radical (unpaired) electrons. The van der Waals surface area contributed by atoms with Gasteiger partial charge in [-0.15, -0.1) is 0 Å². The summed E-state index contributed by atoms with van der Waals surface area (Å²) in [7, 11) is 0. The average Bonchev–Trinajstić information content (AvgIpc) is 2.32. The second-order valence-corrected chi connectivity index (χ2v) is 5.39. The van der Waals surface area contributed by atoms with E-state index in [1.54, 1.807) is 0 Å². The second kappa shape index (κ2) is 5.54. The van der Waals surface area contributed by atoms with Gasteiger partial charge in [0.1, 0.15) is 11.5 Å². The third-order valence-corrected chi connectivity index (χ3v) is 3.49. The van der Waals surface area contributed by atoms with Crippen LogP contribution in [-0.4, -0.2) is 0 Å². The molecule has 88 valence electrons. The van der Waals surface area contributed by atoms with Gasteiger partial charge in [0, 0.05) is 0 Å². The van der Waals surface area contributed by atoms with Crippen LogP contribution in [0, 0.1) is 3.57 Å². The Kier molecular flexibility index (Phi) is 4.05. The van der Waals surface area contributed by atoms with Crippen molar-refractivity contribution < 1.29 is 4.74 Å². The normalized spacial score (nSPS) is 10.6. The van der Waals surface area contributed by atoms with Crippen LogP contribution in [0.25, 0.3) is 0 Å². The van der Waals surface area contributed by atoms with Crippen LogP contribution >= 0.6 is 22.6 Å². The van der Waals surface area contributed by atoms with Crippen LogP contribution in [0.2, 0.25) is 0 Å². The monoisotopic (exact) mass is 338 g/mol. The Morgan fingerprint density at radius 3 is 2.12 bits per heavy atom. The van der Waals surface area contributed by atoms with Crippen molar-refractivity contribution in [2.45, 2.75) is 19.8 Å². The lowest BCUT2D eigenvalue weighted by Gasteiger charge is -2.14. The van der Waals surface area contributed by atoms with E-state index in [2.05, 4.69) is 48.6 Å². The largest absolute Gasteiger partial charge is 0.456 e. The Morgan fingerprint density at radius 1 is 0.882 bits per heavy atom. The highest BCUT2D eigenvalue weighted by atomic mass is 127. The van der Waals surface area contributed by atoms with Crippen molar-refractivity contribution in [3.05, 3.63) is 57.7 Å². The lowest BCUT2D eigenvalue weighted by Crippen LogP contribution is -1.94. The second-order valence-electron chi connectivity index (χ2n) is 4.23. The van der Waals surface area contributed by atoms with Crippen molar-refractivity contribution >= 4 is 22.6 Å². The molecule has 1 nitrogen and oxygen atoms in total. The molecule has 0 N–H and O–H groups in total. The van der Waals surface area contributed by atoms with Crippen LogP contribution in [-0.2, 0) is 0 Å². The zero-order valence-electron chi connectivity index (χ0n) is 9.98. The van der Waals surface area contributed by atoms with Gasteiger partial charge >= 0.3 is 0 Å². The standard InChI is InChI=1S/C15H15IO/c1-11(2)12-7-3-5-9-14(12)17-15-10-6-4-8-13(15)16/h3-11H,1-2H3. The van der Waals surface area contributed by atoms with E-state index in [9.17, 15) is 0 Å². The summed E-state index contributed by atoms with van der Waals surface area (Å²) < 4.78 is 7.12. The van der Waals surface area contributed by atoms with E-state index >= 15 is 0 Å². The van der Waals surface area contributed by atoms with E-state index in [0.717, 1.165) is 15.1 Å². The van der Waals surface area contributed by atoms with Gasteiger partial charge in [0.2, 0.25) is 0 Å². The lowest BCUT2D eigenvalue weighted by atomic mass is 10.0. The Labute approximate surface area is 116 Å². The van der Waals surface area contributed by atoms with Crippen molar-refractivity contribution in [3.8, 4) is 11.5 Å². The summed E-state index contributed by atoms with van der Waals surface area (Å²) in [6.45, 7) is 4.36. The Balaban J connectivity index is 2.34. The molecule has 0 aromatic heterocycles. The van der Waals surface area contributed by atoms with Gasteiger partial charge in [-0.05, 0) is 52.3 Å². The molecular formula is C15H15IO. The molecule has 0 bridgehead atoms. The zero-order chi connectivity index (χ0) is 12.3. The fourth-order valence-corrected chi connectivity index (χ4v) is 2.19. The third-order valence-electron chi connectivity index (χ3n) is 2.60. The first-order valence-corrected chi connectivity index (χ1v) is 6.77. The molecular weight excluding hydrogens is 323 g/mol. The van der Waals surface area contributed by atoms with Gasteiger partial charge < -0.3 is 4.74 Å². The van der Waals surface area contributed by atoms with Crippen molar-refractivity contribution in [3.63, 3.8) is 0 Å². The topological polar surface area (TPSA) is 9.23 Å². The molecule has 0 heterocycles. The van der Waals surface area contributed by atoms with E-state index in [1.807, 2.05) is 36.4 Å². The highest BCUT2D eigenvalue weighted by Gasteiger charge is 2.08. The summed E-state index contributed by atoms with van der Waals surface area (Å²) in [6, 6.07) is 16.3. The highest BCUT2D eigenvalue weighted by Crippen LogP contribution is 2.32. The SMILES string of the molecule is CC(C)c1ccccc1Oc1ccccc1I. The molecule has 2 aromatic rings. The molecule has 0 saturated carbocycles. The van der Waals surface area contributed by atoms with E-state index < -0.39 is 0 Å². The average molecular weight is 338 g/mol. The molecule has 0 unspecified atom stereocenters. The molecule has 0 saturated heterocycles. The minimum absolute atomic E-state index is 0.465. The van der Waals surface area contributed by atoms with E-state index in [-0.39, 0.29) is 0 Å². The number of hydrogen-bond acceptors (Lipinski definition) is 1. The summed E-state index contributed by atoms with van der Waals surface area (Å²) in [4.78, 5) is 0.